The normalized spacial score (nSPS) is 22.4. The van der Waals surface area contributed by atoms with E-state index in [0.29, 0.717) is 90.5 Å². The molecule has 11 heteroatoms. The Morgan fingerprint density at radius 1 is 0.810 bits per heavy atom. The molecule has 1 saturated heterocycles. The average molecular weight is 586 g/mol. The number of ether oxygens (including phenoxy) is 8. The molecule has 2 aromatic carbocycles. The fourth-order valence-electron chi connectivity index (χ4n) is 4.80. The van der Waals surface area contributed by atoms with Gasteiger partial charge in [-0.1, -0.05) is 30.3 Å². The molecule has 3 aliphatic rings. The minimum atomic E-state index is -0.660. The van der Waals surface area contributed by atoms with Crippen LogP contribution in [0.3, 0.4) is 0 Å². The first-order valence-corrected chi connectivity index (χ1v) is 14.4. The zero-order valence-corrected chi connectivity index (χ0v) is 23.7. The van der Waals surface area contributed by atoms with E-state index in [9.17, 15) is 9.90 Å². The highest BCUT2D eigenvalue weighted by molar-refractivity contribution is 5.91. The van der Waals surface area contributed by atoms with Crippen LogP contribution in [0.5, 0.6) is 11.5 Å². The average Bonchev–Trinajstić information content (AvgIpc) is 3.50. The molecule has 228 valence electrons. The first kappa shape index (κ1) is 30.3. The van der Waals surface area contributed by atoms with Crippen molar-refractivity contribution in [1.29, 1.82) is 0 Å². The van der Waals surface area contributed by atoms with Crippen molar-refractivity contribution in [3.05, 3.63) is 71.0 Å². The third kappa shape index (κ3) is 8.66. The minimum absolute atomic E-state index is 0.0194. The summed E-state index contributed by atoms with van der Waals surface area (Å²) >= 11 is 0. The van der Waals surface area contributed by atoms with Crippen LogP contribution in [0.25, 0.3) is 0 Å². The van der Waals surface area contributed by atoms with Crippen LogP contribution in [0.4, 0.5) is 0 Å². The summed E-state index contributed by atoms with van der Waals surface area (Å²) in [5, 5.41) is 9.33. The molecule has 0 spiro atoms. The van der Waals surface area contributed by atoms with Gasteiger partial charge >= 0.3 is 0 Å². The molecule has 0 aliphatic carbocycles. The molecule has 2 atom stereocenters. The zero-order valence-electron chi connectivity index (χ0n) is 23.7. The second kappa shape index (κ2) is 15.9. The maximum atomic E-state index is 13.9. The van der Waals surface area contributed by atoms with Gasteiger partial charge in [0.05, 0.1) is 66.1 Å². The highest BCUT2D eigenvalue weighted by Crippen LogP contribution is 2.38. The Labute approximate surface area is 245 Å². The van der Waals surface area contributed by atoms with Crippen LogP contribution in [0.1, 0.15) is 29.0 Å². The van der Waals surface area contributed by atoms with Crippen molar-refractivity contribution in [2.75, 3.05) is 72.7 Å². The lowest BCUT2D eigenvalue weighted by atomic mass is 9.92. The van der Waals surface area contributed by atoms with Crippen LogP contribution in [-0.2, 0) is 46.4 Å². The van der Waals surface area contributed by atoms with Crippen LogP contribution >= 0.6 is 0 Å². The predicted molar refractivity (Wildman–Crippen MR) is 150 cm³/mol. The summed E-state index contributed by atoms with van der Waals surface area (Å²) in [6.45, 7) is 4.69. The number of amides is 1. The van der Waals surface area contributed by atoms with Gasteiger partial charge in [0.2, 0.25) is 13.1 Å². The van der Waals surface area contributed by atoms with E-state index in [2.05, 4.69) is 0 Å². The smallest absolute Gasteiger partial charge is 0.288 e. The van der Waals surface area contributed by atoms with Crippen molar-refractivity contribution in [3.63, 3.8) is 0 Å². The highest BCUT2D eigenvalue weighted by atomic mass is 16.7. The lowest BCUT2D eigenvalue weighted by Gasteiger charge is -2.32. The molecule has 0 radical (unpaired) electrons. The summed E-state index contributed by atoms with van der Waals surface area (Å²) in [4.78, 5) is 15.5. The molecule has 11 nitrogen and oxygen atoms in total. The SMILES string of the molecule is O=C(C1=CC(c2ccc3c(c2)OCO3)CC(OCc2ccc(CO)cc2)O1)N1CCOCCOCCOCCOCC1. The molecule has 1 N–H and O–H groups in total. The summed E-state index contributed by atoms with van der Waals surface area (Å²) in [7, 11) is 0. The fourth-order valence-corrected chi connectivity index (χ4v) is 4.80. The van der Waals surface area contributed by atoms with Crippen LogP contribution in [0.15, 0.2) is 54.3 Å². The number of hydrogen-bond donors (Lipinski definition) is 1. The molecule has 3 aliphatic heterocycles. The first-order valence-electron chi connectivity index (χ1n) is 14.4. The molecule has 1 fully saturated rings. The van der Waals surface area contributed by atoms with Crippen molar-refractivity contribution < 1.29 is 47.8 Å². The van der Waals surface area contributed by atoms with Gasteiger partial charge in [0.25, 0.3) is 5.91 Å². The van der Waals surface area contributed by atoms with Crippen molar-refractivity contribution in [1.82, 2.24) is 4.90 Å². The van der Waals surface area contributed by atoms with Crippen LogP contribution in [0, 0.1) is 0 Å². The fraction of sp³-hybridized carbons (Fsp3) is 0.516. The first-order chi connectivity index (χ1) is 20.7. The van der Waals surface area contributed by atoms with Crippen molar-refractivity contribution in [3.8, 4) is 11.5 Å². The number of carbonyl (C=O) groups is 1. The topological polar surface area (TPSA) is 114 Å². The molecule has 42 heavy (non-hydrogen) atoms. The summed E-state index contributed by atoms with van der Waals surface area (Å²) in [6, 6.07) is 13.3. The second-order valence-electron chi connectivity index (χ2n) is 10.1. The Morgan fingerprint density at radius 3 is 2.10 bits per heavy atom. The molecule has 1 amide bonds. The molecule has 2 unspecified atom stereocenters. The van der Waals surface area contributed by atoms with Gasteiger partial charge in [0, 0.05) is 25.4 Å². The Balaban J connectivity index is 1.30. The highest BCUT2D eigenvalue weighted by Gasteiger charge is 2.32. The van der Waals surface area contributed by atoms with Gasteiger partial charge in [-0.2, -0.15) is 0 Å². The molecule has 0 saturated carbocycles. The monoisotopic (exact) mass is 585 g/mol. The van der Waals surface area contributed by atoms with Crippen molar-refractivity contribution in [2.45, 2.75) is 31.8 Å². The number of aliphatic hydroxyl groups excluding tert-OH is 1. The van der Waals surface area contributed by atoms with E-state index in [1.54, 1.807) is 4.90 Å². The lowest BCUT2D eigenvalue weighted by Crippen LogP contribution is -2.40. The summed E-state index contributed by atoms with van der Waals surface area (Å²) in [5.74, 6) is 1.18. The van der Waals surface area contributed by atoms with Gasteiger partial charge in [-0.25, -0.2) is 0 Å². The Hall–Kier alpha value is -3.19. The van der Waals surface area contributed by atoms with E-state index in [4.69, 9.17) is 37.9 Å². The molecule has 3 heterocycles. The number of carbonyl (C=O) groups excluding carboxylic acids is 1. The Bertz CT molecular complexity index is 1150. The van der Waals surface area contributed by atoms with Gasteiger partial charge in [-0.05, 0) is 34.9 Å². The zero-order chi connectivity index (χ0) is 29.0. The quantitative estimate of drug-likeness (QED) is 0.543. The molecule has 0 aromatic heterocycles. The maximum Gasteiger partial charge on any atom is 0.288 e. The van der Waals surface area contributed by atoms with Gasteiger partial charge in [0.1, 0.15) is 0 Å². The lowest BCUT2D eigenvalue weighted by molar-refractivity contribution is -0.156. The summed E-state index contributed by atoms with van der Waals surface area (Å²) < 4.78 is 45.8. The van der Waals surface area contributed by atoms with E-state index in [-0.39, 0.29) is 31.0 Å². The predicted octanol–water partition coefficient (Wildman–Crippen LogP) is 2.75. The van der Waals surface area contributed by atoms with E-state index in [1.807, 2.05) is 48.5 Å². The molecule has 2 aromatic rings. The molecular weight excluding hydrogens is 546 g/mol. The van der Waals surface area contributed by atoms with E-state index in [0.717, 1.165) is 16.7 Å². The molecule has 5 rings (SSSR count). The molecule has 0 bridgehead atoms. The van der Waals surface area contributed by atoms with Gasteiger partial charge < -0.3 is 47.9 Å². The van der Waals surface area contributed by atoms with Crippen molar-refractivity contribution >= 4 is 5.91 Å². The number of fused-ring (bicyclic) bond motifs is 1. The van der Waals surface area contributed by atoms with Crippen LogP contribution in [0.2, 0.25) is 0 Å². The largest absolute Gasteiger partial charge is 0.459 e. The van der Waals surface area contributed by atoms with E-state index in [1.165, 1.54) is 0 Å². The summed E-state index contributed by atoms with van der Waals surface area (Å²) in [6.07, 6.45) is 1.71. The van der Waals surface area contributed by atoms with E-state index < -0.39 is 6.29 Å². The maximum absolute atomic E-state index is 13.9. The van der Waals surface area contributed by atoms with Gasteiger partial charge in [0.15, 0.2) is 17.3 Å². The standard InChI is InChI=1S/C31H39NO10/c33-20-23-1-3-24(4-2-23)21-39-30-19-26(25-5-6-27-28(17-25)41-22-40-27)18-29(42-30)31(34)32-7-9-35-11-13-37-15-16-38-14-12-36-10-8-32/h1-6,17-18,26,30,33H,7-16,19-22H2. The number of aliphatic hydroxyl groups is 1. The third-order valence-electron chi connectivity index (χ3n) is 7.15. The minimum Gasteiger partial charge on any atom is -0.459 e. The Morgan fingerprint density at radius 2 is 1.43 bits per heavy atom. The number of nitrogens with zero attached hydrogens (tertiary/aromatic N) is 1. The van der Waals surface area contributed by atoms with Gasteiger partial charge in [-0.15, -0.1) is 0 Å². The number of hydrogen-bond acceptors (Lipinski definition) is 10. The third-order valence-corrected chi connectivity index (χ3v) is 7.15. The number of benzene rings is 2. The van der Waals surface area contributed by atoms with Crippen LogP contribution < -0.4 is 9.47 Å². The van der Waals surface area contributed by atoms with Gasteiger partial charge in [-0.3, -0.25) is 4.79 Å². The van der Waals surface area contributed by atoms with E-state index >= 15 is 0 Å². The second-order valence-corrected chi connectivity index (χ2v) is 10.1. The van der Waals surface area contributed by atoms with Crippen LogP contribution in [-0.4, -0.2) is 94.9 Å². The Kier molecular flexibility index (Phi) is 11.4. The summed E-state index contributed by atoms with van der Waals surface area (Å²) in [5.41, 5.74) is 2.73. The van der Waals surface area contributed by atoms with Crippen molar-refractivity contribution in [2.24, 2.45) is 0 Å². The number of rotatable bonds is 6. The number of allylic oxidation sites excluding steroid dienone is 1. The molecular formula is C31H39NO10.